The molecular formula is C14H26N4O. The Kier molecular flexibility index (Phi) is 6.56. The summed E-state index contributed by atoms with van der Waals surface area (Å²) >= 11 is 0. The average Bonchev–Trinajstić information content (AvgIpc) is 2.38. The van der Waals surface area contributed by atoms with Crippen LogP contribution in [-0.2, 0) is 6.42 Å². The van der Waals surface area contributed by atoms with Gasteiger partial charge in [-0.3, -0.25) is 0 Å². The van der Waals surface area contributed by atoms with Crippen LogP contribution in [0.5, 0.6) is 0 Å². The molecule has 19 heavy (non-hydrogen) atoms. The minimum absolute atomic E-state index is 0.115. The van der Waals surface area contributed by atoms with E-state index in [9.17, 15) is 5.11 Å². The number of aryl methyl sites for hydroxylation is 1. The van der Waals surface area contributed by atoms with Gasteiger partial charge < -0.3 is 15.7 Å². The molecule has 0 radical (unpaired) electrons. The van der Waals surface area contributed by atoms with Gasteiger partial charge in [-0.15, -0.1) is 0 Å². The Balaban J connectivity index is 3.06. The van der Waals surface area contributed by atoms with Crippen molar-refractivity contribution in [2.24, 2.45) is 0 Å². The SMILES string of the molecule is CCCc1nc(N)cc(N(CCO)C(CC)CC)n1. The lowest BCUT2D eigenvalue weighted by Gasteiger charge is -2.31. The second-order valence-corrected chi connectivity index (χ2v) is 4.70. The standard InChI is InChI=1S/C14H26N4O/c1-4-7-13-16-12(15)10-14(17-13)18(8-9-19)11(5-2)6-3/h10-11,19H,4-9H2,1-3H3,(H2,15,16,17). The van der Waals surface area contributed by atoms with E-state index in [1.807, 2.05) is 0 Å². The Labute approximate surface area is 115 Å². The number of nitrogens with zero attached hydrogens (tertiary/aromatic N) is 3. The van der Waals surface area contributed by atoms with Crippen molar-refractivity contribution < 1.29 is 5.11 Å². The highest BCUT2D eigenvalue weighted by Crippen LogP contribution is 2.20. The fraction of sp³-hybridized carbons (Fsp3) is 0.714. The zero-order chi connectivity index (χ0) is 14.3. The zero-order valence-electron chi connectivity index (χ0n) is 12.3. The first-order chi connectivity index (χ1) is 9.15. The van der Waals surface area contributed by atoms with Crippen LogP contribution in [0.25, 0.3) is 0 Å². The van der Waals surface area contributed by atoms with Crippen molar-refractivity contribution >= 4 is 11.6 Å². The Morgan fingerprint density at radius 3 is 2.47 bits per heavy atom. The maximum absolute atomic E-state index is 9.26. The molecule has 0 aliphatic heterocycles. The summed E-state index contributed by atoms with van der Waals surface area (Å²) in [6.45, 7) is 7.09. The summed E-state index contributed by atoms with van der Waals surface area (Å²) in [7, 11) is 0. The number of aliphatic hydroxyl groups is 1. The third kappa shape index (κ3) is 4.35. The van der Waals surface area contributed by atoms with Crippen LogP contribution in [0.4, 0.5) is 11.6 Å². The Bertz CT molecular complexity index is 380. The zero-order valence-corrected chi connectivity index (χ0v) is 12.3. The smallest absolute Gasteiger partial charge is 0.134 e. The van der Waals surface area contributed by atoms with Crippen LogP contribution in [0.3, 0.4) is 0 Å². The largest absolute Gasteiger partial charge is 0.395 e. The molecule has 0 bridgehead atoms. The number of aromatic nitrogens is 2. The lowest BCUT2D eigenvalue weighted by molar-refractivity contribution is 0.295. The van der Waals surface area contributed by atoms with E-state index in [4.69, 9.17) is 5.73 Å². The van der Waals surface area contributed by atoms with Crippen molar-refractivity contribution in [1.82, 2.24) is 9.97 Å². The van der Waals surface area contributed by atoms with Crippen molar-refractivity contribution in [2.45, 2.75) is 52.5 Å². The van der Waals surface area contributed by atoms with E-state index in [0.29, 0.717) is 18.4 Å². The van der Waals surface area contributed by atoms with E-state index in [-0.39, 0.29) is 6.61 Å². The van der Waals surface area contributed by atoms with Crippen LogP contribution >= 0.6 is 0 Å². The highest BCUT2D eigenvalue weighted by Gasteiger charge is 2.17. The molecular weight excluding hydrogens is 240 g/mol. The molecule has 0 aliphatic rings. The van der Waals surface area contributed by atoms with Crippen molar-refractivity contribution in [3.05, 3.63) is 11.9 Å². The van der Waals surface area contributed by atoms with Crippen LogP contribution in [-0.4, -0.2) is 34.3 Å². The van der Waals surface area contributed by atoms with Gasteiger partial charge in [-0.1, -0.05) is 20.8 Å². The number of rotatable bonds is 8. The van der Waals surface area contributed by atoms with Crippen molar-refractivity contribution in [1.29, 1.82) is 0 Å². The predicted octanol–water partition coefficient (Wildman–Crippen LogP) is 2.00. The molecule has 1 aromatic heterocycles. The molecule has 0 atom stereocenters. The third-order valence-electron chi connectivity index (χ3n) is 3.27. The Morgan fingerprint density at radius 2 is 1.95 bits per heavy atom. The summed E-state index contributed by atoms with van der Waals surface area (Å²) in [4.78, 5) is 11.0. The van der Waals surface area contributed by atoms with Crippen LogP contribution in [0, 0.1) is 0 Å². The number of hydrogen-bond donors (Lipinski definition) is 2. The molecule has 0 unspecified atom stereocenters. The molecule has 0 saturated carbocycles. The van der Waals surface area contributed by atoms with Gasteiger partial charge >= 0.3 is 0 Å². The third-order valence-corrected chi connectivity index (χ3v) is 3.27. The maximum atomic E-state index is 9.26. The molecule has 5 heteroatoms. The lowest BCUT2D eigenvalue weighted by Crippen LogP contribution is -2.37. The predicted molar refractivity (Wildman–Crippen MR) is 79.2 cm³/mol. The Hall–Kier alpha value is -1.36. The molecule has 0 saturated heterocycles. The minimum Gasteiger partial charge on any atom is -0.395 e. The van der Waals surface area contributed by atoms with Crippen LogP contribution in [0.1, 0.15) is 45.9 Å². The molecule has 1 rings (SSSR count). The van der Waals surface area contributed by atoms with Crippen LogP contribution < -0.4 is 10.6 Å². The molecule has 3 N–H and O–H groups in total. The molecule has 0 spiro atoms. The van der Waals surface area contributed by atoms with Gasteiger partial charge in [0.25, 0.3) is 0 Å². The second kappa shape index (κ2) is 7.94. The summed E-state index contributed by atoms with van der Waals surface area (Å²) in [5, 5.41) is 9.26. The van der Waals surface area contributed by atoms with E-state index in [0.717, 1.165) is 37.3 Å². The number of nitrogens with two attached hydrogens (primary N) is 1. The van der Waals surface area contributed by atoms with Gasteiger partial charge in [-0.2, -0.15) is 0 Å². The molecule has 0 aliphatic carbocycles. The number of aliphatic hydroxyl groups excluding tert-OH is 1. The number of hydrogen-bond acceptors (Lipinski definition) is 5. The van der Waals surface area contributed by atoms with Gasteiger partial charge in [0.15, 0.2) is 0 Å². The molecule has 0 amide bonds. The van der Waals surface area contributed by atoms with Gasteiger partial charge in [0, 0.05) is 25.1 Å². The topological polar surface area (TPSA) is 75.3 Å². The molecule has 0 aromatic carbocycles. The first-order valence-corrected chi connectivity index (χ1v) is 7.17. The monoisotopic (exact) mass is 266 g/mol. The summed E-state index contributed by atoms with van der Waals surface area (Å²) < 4.78 is 0. The fourth-order valence-corrected chi connectivity index (χ4v) is 2.31. The maximum Gasteiger partial charge on any atom is 0.134 e. The molecule has 0 fully saturated rings. The van der Waals surface area contributed by atoms with Gasteiger partial charge in [0.1, 0.15) is 17.5 Å². The van der Waals surface area contributed by atoms with Gasteiger partial charge in [0.2, 0.25) is 0 Å². The summed E-state index contributed by atoms with van der Waals surface area (Å²) in [6.07, 6.45) is 3.86. The van der Waals surface area contributed by atoms with Gasteiger partial charge in [-0.25, -0.2) is 9.97 Å². The van der Waals surface area contributed by atoms with Gasteiger partial charge in [0.05, 0.1) is 6.61 Å². The fourth-order valence-electron chi connectivity index (χ4n) is 2.31. The van der Waals surface area contributed by atoms with E-state index in [1.165, 1.54) is 0 Å². The van der Waals surface area contributed by atoms with Crippen molar-refractivity contribution in [3.63, 3.8) is 0 Å². The molecule has 1 heterocycles. The van der Waals surface area contributed by atoms with Crippen LogP contribution in [0.2, 0.25) is 0 Å². The first-order valence-electron chi connectivity index (χ1n) is 7.17. The minimum atomic E-state index is 0.115. The van der Waals surface area contributed by atoms with E-state index >= 15 is 0 Å². The quantitative estimate of drug-likeness (QED) is 0.752. The lowest BCUT2D eigenvalue weighted by atomic mass is 10.1. The number of anilines is 2. The summed E-state index contributed by atoms with van der Waals surface area (Å²) in [6, 6.07) is 2.17. The van der Waals surface area contributed by atoms with Crippen molar-refractivity contribution in [2.75, 3.05) is 23.8 Å². The first kappa shape index (κ1) is 15.7. The average molecular weight is 266 g/mol. The number of nitrogen functional groups attached to an aromatic ring is 1. The van der Waals surface area contributed by atoms with E-state index in [1.54, 1.807) is 6.07 Å². The molecule has 1 aromatic rings. The highest BCUT2D eigenvalue weighted by molar-refractivity contribution is 5.47. The highest BCUT2D eigenvalue weighted by atomic mass is 16.3. The van der Waals surface area contributed by atoms with Crippen molar-refractivity contribution in [3.8, 4) is 0 Å². The van der Waals surface area contributed by atoms with E-state index in [2.05, 4.69) is 35.6 Å². The normalized spacial score (nSPS) is 11.0. The summed E-state index contributed by atoms with van der Waals surface area (Å²) in [5.74, 6) is 2.12. The van der Waals surface area contributed by atoms with E-state index < -0.39 is 0 Å². The Morgan fingerprint density at radius 1 is 1.26 bits per heavy atom. The molecule has 108 valence electrons. The molecule has 5 nitrogen and oxygen atoms in total. The summed E-state index contributed by atoms with van der Waals surface area (Å²) in [5.41, 5.74) is 5.87. The second-order valence-electron chi connectivity index (χ2n) is 4.70. The van der Waals surface area contributed by atoms with Crippen LogP contribution in [0.15, 0.2) is 6.07 Å². The van der Waals surface area contributed by atoms with Gasteiger partial charge in [-0.05, 0) is 19.3 Å².